The number of nitrogens with one attached hydrogen (secondary N) is 1. The number of fused-ring (bicyclic) bond motifs is 1. The lowest BCUT2D eigenvalue weighted by atomic mass is 9.89. The third-order valence-electron chi connectivity index (χ3n) is 5.60. The number of likely N-dealkylation sites (tertiary alicyclic amines) is 1. The first-order valence-electron chi connectivity index (χ1n) is 9.62. The third-order valence-corrected chi connectivity index (χ3v) is 5.60. The van der Waals surface area contributed by atoms with E-state index < -0.39 is 0 Å². The second kappa shape index (κ2) is 7.23. The summed E-state index contributed by atoms with van der Waals surface area (Å²) in [4.78, 5) is 5.83. The lowest BCUT2D eigenvalue weighted by Crippen LogP contribution is -2.34. The second-order valence-electron chi connectivity index (χ2n) is 7.72. The zero-order chi connectivity index (χ0) is 18.1. The van der Waals surface area contributed by atoms with E-state index >= 15 is 0 Å². The molecule has 5 heteroatoms. The van der Waals surface area contributed by atoms with E-state index in [1.807, 2.05) is 16.9 Å². The molecular weight excluding hydrogens is 327 g/mol. The van der Waals surface area contributed by atoms with Crippen LogP contribution in [0.15, 0.2) is 36.8 Å². The maximum absolute atomic E-state index is 13.6. The number of hydrogen-bond acceptors (Lipinski definition) is 2. The molecule has 0 aliphatic carbocycles. The van der Waals surface area contributed by atoms with Gasteiger partial charge in [0.05, 0.1) is 6.20 Å². The minimum atomic E-state index is -0.155. The van der Waals surface area contributed by atoms with Gasteiger partial charge in [0.25, 0.3) is 0 Å². The van der Waals surface area contributed by atoms with Gasteiger partial charge in [0, 0.05) is 35.9 Å². The maximum Gasteiger partial charge on any atom is 0.123 e. The lowest BCUT2D eigenvalue weighted by molar-refractivity contribution is 0.215. The third kappa shape index (κ3) is 3.54. The van der Waals surface area contributed by atoms with Gasteiger partial charge in [0.1, 0.15) is 5.82 Å². The number of hydrogen-bond donors (Lipinski definition) is 1. The molecule has 138 valence electrons. The monoisotopic (exact) mass is 354 g/mol. The molecule has 1 aromatic carbocycles. The van der Waals surface area contributed by atoms with Crippen LogP contribution in [0.5, 0.6) is 0 Å². The Hall–Kier alpha value is -2.14. The molecule has 26 heavy (non-hydrogen) atoms. The number of H-pyrrole nitrogens is 1. The van der Waals surface area contributed by atoms with E-state index in [1.165, 1.54) is 17.2 Å². The summed E-state index contributed by atoms with van der Waals surface area (Å²) in [6.45, 7) is 7.59. The van der Waals surface area contributed by atoms with Gasteiger partial charge in [-0.15, -0.1) is 0 Å². The van der Waals surface area contributed by atoms with Crippen LogP contribution in [-0.2, 0) is 6.42 Å². The number of benzene rings is 1. The van der Waals surface area contributed by atoms with Crippen molar-refractivity contribution in [3.05, 3.63) is 53.7 Å². The van der Waals surface area contributed by atoms with Gasteiger partial charge >= 0.3 is 0 Å². The van der Waals surface area contributed by atoms with Crippen molar-refractivity contribution in [3.8, 4) is 0 Å². The molecule has 0 bridgehead atoms. The minimum absolute atomic E-state index is 0.155. The number of aromatic amines is 1. The molecule has 1 saturated heterocycles. The summed E-state index contributed by atoms with van der Waals surface area (Å²) in [5, 5.41) is 5.47. The van der Waals surface area contributed by atoms with Crippen molar-refractivity contribution in [3.63, 3.8) is 0 Å². The van der Waals surface area contributed by atoms with E-state index in [0.29, 0.717) is 12.0 Å². The van der Waals surface area contributed by atoms with Crippen LogP contribution in [0.25, 0.3) is 10.9 Å². The van der Waals surface area contributed by atoms with E-state index in [4.69, 9.17) is 0 Å². The van der Waals surface area contributed by atoms with Crippen LogP contribution in [0.4, 0.5) is 4.39 Å². The van der Waals surface area contributed by atoms with Gasteiger partial charge in [-0.3, -0.25) is 4.68 Å². The van der Waals surface area contributed by atoms with Gasteiger partial charge in [0.15, 0.2) is 0 Å². The standard InChI is InChI=1S/C21H27FN4/c1-15(2)26-14-16(12-24-26)5-8-25-9-6-17(7-10-25)20-13-23-21-4-3-18(22)11-19(20)21/h3-4,11-15,17,23H,5-10H2,1-2H3. The number of aromatic nitrogens is 3. The van der Waals surface area contributed by atoms with Crippen LogP contribution in [0.2, 0.25) is 0 Å². The van der Waals surface area contributed by atoms with Crippen molar-refractivity contribution in [2.75, 3.05) is 19.6 Å². The molecule has 4 rings (SSSR count). The quantitative estimate of drug-likeness (QED) is 0.732. The van der Waals surface area contributed by atoms with Crippen LogP contribution >= 0.6 is 0 Å². The summed E-state index contributed by atoms with van der Waals surface area (Å²) in [5.74, 6) is 0.364. The molecular formula is C21H27FN4. The topological polar surface area (TPSA) is 36.9 Å². The number of rotatable bonds is 5. The van der Waals surface area contributed by atoms with E-state index in [0.717, 1.165) is 49.8 Å². The SMILES string of the molecule is CC(C)n1cc(CCN2CCC(c3c[nH]c4ccc(F)cc34)CC2)cn1. The van der Waals surface area contributed by atoms with Gasteiger partial charge in [-0.05, 0) is 81.4 Å². The molecule has 1 aliphatic rings. The number of piperidine rings is 1. The Kier molecular flexibility index (Phi) is 4.81. The van der Waals surface area contributed by atoms with Crippen molar-refractivity contribution >= 4 is 10.9 Å². The summed E-state index contributed by atoms with van der Waals surface area (Å²) in [7, 11) is 0. The summed E-state index contributed by atoms with van der Waals surface area (Å²) in [6.07, 6.45) is 9.55. The fourth-order valence-corrected chi connectivity index (χ4v) is 4.00. The molecule has 0 spiro atoms. The predicted octanol–water partition coefficient (Wildman–Crippen LogP) is 4.51. The molecule has 0 atom stereocenters. The fraction of sp³-hybridized carbons (Fsp3) is 0.476. The van der Waals surface area contributed by atoms with Gasteiger partial charge in [-0.1, -0.05) is 0 Å². The van der Waals surface area contributed by atoms with Crippen LogP contribution in [-0.4, -0.2) is 39.3 Å². The predicted molar refractivity (Wildman–Crippen MR) is 103 cm³/mol. The number of halogens is 1. The molecule has 0 radical (unpaired) electrons. The van der Waals surface area contributed by atoms with Crippen LogP contribution < -0.4 is 0 Å². The molecule has 1 aliphatic heterocycles. The minimum Gasteiger partial charge on any atom is -0.361 e. The van der Waals surface area contributed by atoms with Crippen LogP contribution in [0.1, 0.15) is 49.8 Å². The Morgan fingerprint density at radius 1 is 1.27 bits per heavy atom. The molecule has 1 N–H and O–H groups in total. The Balaban J connectivity index is 1.34. The summed E-state index contributed by atoms with van der Waals surface area (Å²) in [6, 6.07) is 5.44. The smallest absolute Gasteiger partial charge is 0.123 e. The highest BCUT2D eigenvalue weighted by Crippen LogP contribution is 2.33. The van der Waals surface area contributed by atoms with Gasteiger partial charge < -0.3 is 9.88 Å². The van der Waals surface area contributed by atoms with Crippen molar-refractivity contribution in [1.29, 1.82) is 0 Å². The first kappa shape index (κ1) is 17.3. The maximum atomic E-state index is 13.6. The van der Waals surface area contributed by atoms with Crippen LogP contribution in [0.3, 0.4) is 0 Å². The molecule has 4 nitrogen and oxygen atoms in total. The van der Waals surface area contributed by atoms with Crippen molar-refractivity contribution in [2.24, 2.45) is 0 Å². The zero-order valence-electron chi connectivity index (χ0n) is 15.6. The second-order valence-corrected chi connectivity index (χ2v) is 7.72. The highest BCUT2D eigenvalue weighted by Gasteiger charge is 2.23. The molecule has 0 unspecified atom stereocenters. The van der Waals surface area contributed by atoms with E-state index in [1.54, 1.807) is 6.07 Å². The Bertz CT molecular complexity index is 871. The van der Waals surface area contributed by atoms with Crippen molar-refractivity contribution in [1.82, 2.24) is 19.7 Å². The van der Waals surface area contributed by atoms with E-state index in [2.05, 4.69) is 41.2 Å². The molecule has 3 aromatic rings. The van der Waals surface area contributed by atoms with E-state index in [-0.39, 0.29) is 5.82 Å². The van der Waals surface area contributed by atoms with Crippen LogP contribution in [0, 0.1) is 5.82 Å². The largest absolute Gasteiger partial charge is 0.361 e. The van der Waals surface area contributed by atoms with Gasteiger partial charge in [0.2, 0.25) is 0 Å². The molecule has 1 fully saturated rings. The number of nitrogens with zero attached hydrogens (tertiary/aromatic N) is 3. The average Bonchev–Trinajstić information content (AvgIpc) is 3.27. The fourth-order valence-electron chi connectivity index (χ4n) is 4.00. The summed E-state index contributed by atoms with van der Waals surface area (Å²) < 4.78 is 15.6. The van der Waals surface area contributed by atoms with E-state index in [9.17, 15) is 4.39 Å². The Labute approximate surface area is 154 Å². The van der Waals surface area contributed by atoms with Crippen molar-refractivity contribution < 1.29 is 4.39 Å². The highest BCUT2D eigenvalue weighted by molar-refractivity contribution is 5.83. The first-order chi connectivity index (χ1) is 12.6. The first-order valence-corrected chi connectivity index (χ1v) is 9.62. The Morgan fingerprint density at radius 2 is 2.08 bits per heavy atom. The van der Waals surface area contributed by atoms with Crippen molar-refractivity contribution in [2.45, 2.75) is 45.1 Å². The lowest BCUT2D eigenvalue weighted by Gasteiger charge is -2.31. The molecule has 0 saturated carbocycles. The Morgan fingerprint density at radius 3 is 2.81 bits per heavy atom. The van der Waals surface area contributed by atoms with Gasteiger partial charge in [-0.25, -0.2) is 4.39 Å². The average molecular weight is 354 g/mol. The zero-order valence-corrected chi connectivity index (χ0v) is 15.6. The normalized spacial score (nSPS) is 16.8. The van der Waals surface area contributed by atoms with Gasteiger partial charge in [-0.2, -0.15) is 5.10 Å². The molecule has 0 amide bonds. The highest BCUT2D eigenvalue weighted by atomic mass is 19.1. The molecule has 2 aromatic heterocycles. The molecule has 3 heterocycles. The summed E-state index contributed by atoms with van der Waals surface area (Å²) in [5.41, 5.74) is 3.62. The summed E-state index contributed by atoms with van der Waals surface area (Å²) >= 11 is 0.